The van der Waals surface area contributed by atoms with Gasteiger partial charge in [-0.2, -0.15) is 0 Å². The van der Waals surface area contributed by atoms with Crippen LogP contribution in [0.25, 0.3) is 0 Å². The Labute approximate surface area is 113 Å². The molecule has 0 saturated carbocycles. The fourth-order valence-corrected chi connectivity index (χ4v) is 2.74. The second-order valence-electron chi connectivity index (χ2n) is 5.27. The number of rotatable bonds is 4. The first kappa shape index (κ1) is 12.7. The van der Waals surface area contributed by atoms with Crippen LogP contribution >= 0.6 is 0 Å². The van der Waals surface area contributed by atoms with E-state index in [9.17, 15) is 4.39 Å². The van der Waals surface area contributed by atoms with Gasteiger partial charge in [-0.05, 0) is 43.5 Å². The van der Waals surface area contributed by atoms with Crippen LogP contribution in [0.1, 0.15) is 18.4 Å². The minimum absolute atomic E-state index is 0.612. The van der Waals surface area contributed by atoms with E-state index >= 15 is 0 Å². The van der Waals surface area contributed by atoms with Gasteiger partial charge in [-0.3, -0.25) is 0 Å². The number of aryl methyl sites for hydroxylation is 1. The molecule has 2 aliphatic heterocycles. The second kappa shape index (κ2) is 5.78. The van der Waals surface area contributed by atoms with Crippen LogP contribution in [-0.4, -0.2) is 43.9 Å². The third-order valence-corrected chi connectivity index (χ3v) is 3.76. The summed E-state index contributed by atoms with van der Waals surface area (Å²) in [4.78, 5) is 2.21. The molecule has 1 aromatic rings. The molecule has 3 rings (SSSR count). The van der Waals surface area contributed by atoms with Crippen LogP contribution in [0.2, 0.25) is 0 Å². The molecule has 19 heavy (non-hydrogen) atoms. The van der Waals surface area contributed by atoms with Crippen molar-refractivity contribution < 1.29 is 13.9 Å². The Morgan fingerprint density at radius 1 is 1.21 bits per heavy atom. The molecule has 2 heterocycles. The van der Waals surface area contributed by atoms with E-state index < -0.39 is 6.17 Å². The molecule has 0 spiro atoms. The Hall–Kier alpha value is -1.29. The van der Waals surface area contributed by atoms with Crippen LogP contribution in [0.5, 0.6) is 11.5 Å². The highest BCUT2D eigenvalue weighted by Crippen LogP contribution is 2.31. The van der Waals surface area contributed by atoms with Gasteiger partial charge < -0.3 is 14.4 Å². The maximum Gasteiger partial charge on any atom is 0.161 e. The summed E-state index contributed by atoms with van der Waals surface area (Å²) < 4.78 is 24.1. The van der Waals surface area contributed by atoms with Crippen molar-refractivity contribution in [2.75, 3.05) is 32.8 Å². The minimum atomic E-state index is -0.616. The number of nitrogens with zero attached hydrogens (tertiary/aromatic N) is 1. The molecule has 4 heteroatoms. The van der Waals surface area contributed by atoms with Crippen LogP contribution in [0.4, 0.5) is 4.39 Å². The Kier molecular flexibility index (Phi) is 3.87. The summed E-state index contributed by atoms with van der Waals surface area (Å²) in [6.07, 6.45) is 2.15. The first-order valence-corrected chi connectivity index (χ1v) is 7.06. The Morgan fingerprint density at radius 3 is 2.84 bits per heavy atom. The first-order chi connectivity index (χ1) is 9.31. The monoisotopic (exact) mass is 265 g/mol. The topological polar surface area (TPSA) is 21.7 Å². The third kappa shape index (κ3) is 3.18. The van der Waals surface area contributed by atoms with Gasteiger partial charge in [0.1, 0.15) is 19.4 Å². The smallest absolute Gasteiger partial charge is 0.161 e. The van der Waals surface area contributed by atoms with Crippen molar-refractivity contribution >= 4 is 0 Å². The fraction of sp³-hybridized carbons (Fsp3) is 0.600. The zero-order chi connectivity index (χ0) is 13.1. The lowest BCUT2D eigenvalue weighted by Gasteiger charge is -2.19. The van der Waals surface area contributed by atoms with E-state index in [0.717, 1.165) is 37.4 Å². The van der Waals surface area contributed by atoms with E-state index in [2.05, 4.69) is 17.0 Å². The third-order valence-electron chi connectivity index (χ3n) is 3.76. The van der Waals surface area contributed by atoms with Crippen molar-refractivity contribution in [1.82, 2.24) is 4.90 Å². The van der Waals surface area contributed by atoms with Crippen molar-refractivity contribution in [2.24, 2.45) is 0 Å². The average Bonchev–Trinajstić information content (AvgIpc) is 2.84. The van der Waals surface area contributed by atoms with Gasteiger partial charge >= 0.3 is 0 Å². The highest BCUT2D eigenvalue weighted by molar-refractivity contribution is 5.43. The molecule has 0 radical (unpaired) electrons. The van der Waals surface area contributed by atoms with E-state index in [1.165, 1.54) is 5.56 Å². The predicted molar refractivity (Wildman–Crippen MR) is 71.7 cm³/mol. The van der Waals surface area contributed by atoms with Crippen LogP contribution in [0.15, 0.2) is 18.2 Å². The standard InChI is InChI=1S/C15H20FNO2/c16-13-5-7-17(11-13)6-1-2-12-3-4-14-15(10-12)19-9-8-18-14/h3-4,10,13H,1-2,5-9,11H2/t13-/m0/s1. The molecule has 0 bridgehead atoms. The van der Waals surface area contributed by atoms with Crippen molar-refractivity contribution in [3.8, 4) is 11.5 Å². The Morgan fingerprint density at radius 2 is 2.05 bits per heavy atom. The summed E-state index contributed by atoms with van der Waals surface area (Å²) in [7, 11) is 0. The quantitative estimate of drug-likeness (QED) is 0.834. The molecule has 0 amide bonds. The fourth-order valence-electron chi connectivity index (χ4n) is 2.74. The lowest BCUT2D eigenvalue weighted by atomic mass is 10.1. The zero-order valence-electron chi connectivity index (χ0n) is 11.1. The van der Waals surface area contributed by atoms with Gasteiger partial charge in [0, 0.05) is 13.1 Å². The Bertz CT molecular complexity index is 438. The van der Waals surface area contributed by atoms with Crippen LogP contribution in [-0.2, 0) is 6.42 Å². The van der Waals surface area contributed by atoms with Gasteiger partial charge in [0.2, 0.25) is 0 Å². The van der Waals surface area contributed by atoms with Crippen LogP contribution < -0.4 is 9.47 Å². The number of ether oxygens (including phenoxy) is 2. The summed E-state index contributed by atoms with van der Waals surface area (Å²) in [5, 5.41) is 0. The number of halogens is 1. The average molecular weight is 265 g/mol. The van der Waals surface area contributed by atoms with E-state index in [0.29, 0.717) is 26.2 Å². The van der Waals surface area contributed by atoms with Crippen LogP contribution in [0, 0.1) is 0 Å². The summed E-state index contributed by atoms with van der Waals surface area (Å²) in [5.41, 5.74) is 1.26. The summed E-state index contributed by atoms with van der Waals surface area (Å²) in [5.74, 6) is 1.70. The second-order valence-corrected chi connectivity index (χ2v) is 5.27. The van der Waals surface area contributed by atoms with Gasteiger partial charge in [0.05, 0.1) is 0 Å². The molecule has 0 aliphatic carbocycles. The number of hydrogen-bond acceptors (Lipinski definition) is 3. The van der Waals surface area contributed by atoms with Gasteiger partial charge in [-0.25, -0.2) is 4.39 Å². The SMILES string of the molecule is F[C@H]1CCN(CCCc2ccc3c(c2)OCCO3)C1. The number of likely N-dealkylation sites (tertiary alicyclic amines) is 1. The Balaban J connectivity index is 1.50. The molecule has 0 N–H and O–H groups in total. The molecule has 1 atom stereocenters. The van der Waals surface area contributed by atoms with Crippen molar-refractivity contribution in [3.05, 3.63) is 23.8 Å². The molecule has 0 unspecified atom stereocenters. The van der Waals surface area contributed by atoms with E-state index in [1.54, 1.807) is 0 Å². The van der Waals surface area contributed by atoms with Crippen molar-refractivity contribution in [1.29, 1.82) is 0 Å². The molecule has 1 aromatic carbocycles. The molecule has 1 saturated heterocycles. The van der Waals surface area contributed by atoms with Crippen molar-refractivity contribution in [2.45, 2.75) is 25.4 Å². The molecular weight excluding hydrogens is 245 g/mol. The summed E-state index contributed by atoms with van der Waals surface area (Å²) >= 11 is 0. The lowest BCUT2D eigenvalue weighted by molar-refractivity contribution is 0.171. The highest BCUT2D eigenvalue weighted by atomic mass is 19.1. The van der Waals surface area contributed by atoms with Gasteiger partial charge in [-0.1, -0.05) is 6.07 Å². The van der Waals surface area contributed by atoms with Crippen LogP contribution in [0.3, 0.4) is 0 Å². The zero-order valence-corrected chi connectivity index (χ0v) is 11.1. The molecule has 3 nitrogen and oxygen atoms in total. The largest absolute Gasteiger partial charge is 0.486 e. The highest BCUT2D eigenvalue weighted by Gasteiger charge is 2.20. The predicted octanol–water partition coefficient (Wildman–Crippen LogP) is 2.43. The summed E-state index contributed by atoms with van der Waals surface area (Å²) in [6.45, 7) is 3.76. The number of benzene rings is 1. The van der Waals surface area contributed by atoms with Gasteiger partial charge in [0.15, 0.2) is 11.5 Å². The van der Waals surface area contributed by atoms with E-state index in [1.807, 2.05) is 6.07 Å². The molecule has 2 aliphatic rings. The molecule has 1 fully saturated rings. The lowest BCUT2D eigenvalue weighted by Crippen LogP contribution is -2.22. The minimum Gasteiger partial charge on any atom is -0.486 e. The number of alkyl halides is 1. The number of fused-ring (bicyclic) bond motifs is 1. The first-order valence-electron chi connectivity index (χ1n) is 7.06. The maximum absolute atomic E-state index is 13.0. The van der Waals surface area contributed by atoms with Crippen molar-refractivity contribution in [3.63, 3.8) is 0 Å². The van der Waals surface area contributed by atoms with E-state index in [-0.39, 0.29) is 0 Å². The van der Waals surface area contributed by atoms with Gasteiger partial charge in [-0.15, -0.1) is 0 Å². The molecule has 104 valence electrons. The number of hydrogen-bond donors (Lipinski definition) is 0. The normalized spacial score (nSPS) is 22.7. The summed E-state index contributed by atoms with van der Waals surface area (Å²) in [6, 6.07) is 6.14. The van der Waals surface area contributed by atoms with Gasteiger partial charge in [0.25, 0.3) is 0 Å². The maximum atomic E-state index is 13.0. The molecular formula is C15H20FNO2. The van der Waals surface area contributed by atoms with E-state index in [4.69, 9.17) is 9.47 Å². The molecule has 0 aromatic heterocycles.